The number of hydrogen-bond donors (Lipinski definition) is 1. The summed E-state index contributed by atoms with van der Waals surface area (Å²) in [5.41, 5.74) is 1.97. The van der Waals surface area contributed by atoms with E-state index in [0.29, 0.717) is 12.4 Å². The third kappa shape index (κ3) is 3.29. The largest absolute Gasteiger partial charge is 0.463 e. The van der Waals surface area contributed by atoms with E-state index in [-0.39, 0.29) is 5.82 Å². The van der Waals surface area contributed by atoms with Crippen LogP contribution in [0.5, 0.6) is 0 Å². The van der Waals surface area contributed by atoms with Gasteiger partial charge in [-0.25, -0.2) is 14.8 Å². The second-order valence-corrected chi connectivity index (χ2v) is 5.09. The summed E-state index contributed by atoms with van der Waals surface area (Å²) in [6.07, 6.45) is 0. The molecule has 0 aliphatic heterocycles. The van der Waals surface area contributed by atoms with Gasteiger partial charge in [-0.3, -0.25) is 0 Å². The lowest BCUT2D eigenvalue weighted by molar-refractivity contribution is 0.0586. The predicted molar refractivity (Wildman–Crippen MR) is 74.5 cm³/mol. The number of nitrogens with zero attached hydrogens (tertiary/aromatic N) is 2. The molecule has 2 aromatic heterocycles. The Hall–Kier alpha value is -1.95. The Labute approximate surface area is 115 Å². The first-order valence-corrected chi connectivity index (χ1v) is 6.69. The van der Waals surface area contributed by atoms with Crippen LogP contribution in [0.2, 0.25) is 0 Å². The maximum absolute atomic E-state index is 11.4. The molecule has 2 aromatic rings. The number of hydrogen-bond acceptors (Lipinski definition) is 6. The molecule has 0 amide bonds. The van der Waals surface area contributed by atoms with Crippen molar-refractivity contribution < 1.29 is 9.53 Å². The van der Waals surface area contributed by atoms with Crippen LogP contribution in [-0.4, -0.2) is 23.0 Å². The van der Waals surface area contributed by atoms with Gasteiger partial charge in [0.05, 0.1) is 13.7 Å². The van der Waals surface area contributed by atoms with Gasteiger partial charge in [0.1, 0.15) is 5.82 Å². The standard InChI is InChI=1S/C13H15N3O2S/c1-8-4-5-19-10(8)7-14-11-6-9(2)15-12(16-11)13(17)18-3/h4-6H,7H2,1-3H3,(H,14,15,16). The Balaban J connectivity index is 2.14. The van der Waals surface area contributed by atoms with Gasteiger partial charge < -0.3 is 10.1 Å². The van der Waals surface area contributed by atoms with Gasteiger partial charge in [-0.2, -0.15) is 0 Å². The first-order valence-electron chi connectivity index (χ1n) is 5.81. The molecule has 2 rings (SSSR count). The van der Waals surface area contributed by atoms with Gasteiger partial charge in [-0.15, -0.1) is 11.3 Å². The molecule has 2 heterocycles. The summed E-state index contributed by atoms with van der Waals surface area (Å²) in [6, 6.07) is 3.88. The van der Waals surface area contributed by atoms with Gasteiger partial charge in [0.25, 0.3) is 0 Å². The van der Waals surface area contributed by atoms with E-state index < -0.39 is 5.97 Å². The molecule has 100 valence electrons. The third-order valence-corrected chi connectivity index (χ3v) is 3.64. The fourth-order valence-electron chi connectivity index (χ4n) is 1.60. The van der Waals surface area contributed by atoms with Crippen LogP contribution in [0.25, 0.3) is 0 Å². The molecular formula is C13H15N3O2S. The molecule has 0 aliphatic carbocycles. The molecule has 0 bridgehead atoms. The highest BCUT2D eigenvalue weighted by Gasteiger charge is 2.11. The Kier molecular flexibility index (Phi) is 4.11. The second kappa shape index (κ2) is 5.79. The summed E-state index contributed by atoms with van der Waals surface area (Å²) in [6.45, 7) is 4.56. The normalized spacial score (nSPS) is 10.3. The van der Waals surface area contributed by atoms with Crippen molar-refractivity contribution in [2.24, 2.45) is 0 Å². The molecule has 0 unspecified atom stereocenters. The Morgan fingerprint density at radius 1 is 1.42 bits per heavy atom. The third-order valence-electron chi connectivity index (χ3n) is 2.62. The maximum atomic E-state index is 11.4. The zero-order valence-corrected chi connectivity index (χ0v) is 11.9. The highest BCUT2D eigenvalue weighted by molar-refractivity contribution is 7.10. The van der Waals surface area contributed by atoms with Gasteiger partial charge in [0.2, 0.25) is 5.82 Å². The Morgan fingerprint density at radius 3 is 2.84 bits per heavy atom. The van der Waals surface area contributed by atoms with Gasteiger partial charge >= 0.3 is 5.97 Å². The molecular weight excluding hydrogens is 262 g/mol. The summed E-state index contributed by atoms with van der Waals surface area (Å²) < 4.78 is 4.63. The van der Waals surface area contributed by atoms with Crippen molar-refractivity contribution in [2.45, 2.75) is 20.4 Å². The summed E-state index contributed by atoms with van der Waals surface area (Å²) in [5, 5.41) is 5.25. The first kappa shape index (κ1) is 13.5. The van der Waals surface area contributed by atoms with Crippen molar-refractivity contribution in [3.8, 4) is 0 Å². The number of rotatable bonds is 4. The van der Waals surface area contributed by atoms with E-state index in [1.807, 2.05) is 6.92 Å². The minimum Gasteiger partial charge on any atom is -0.463 e. The molecule has 0 radical (unpaired) electrons. The average molecular weight is 277 g/mol. The molecule has 0 aromatic carbocycles. The molecule has 1 N–H and O–H groups in total. The number of carbonyl (C=O) groups is 1. The van der Waals surface area contributed by atoms with E-state index in [4.69, 9.17) is 0 Å². The lowest BCUT2D eigenvalue weighted by Gasteiger charge is -2.07. The predicted octanol–water partition coefficient (Wildman–Crippen LogP) is 2.55. The molecule has 0 saturated carbocycles. The van der Waals surface area contributed by atoms with Gasteiger partial charge in [-0.1, -0.05) is 0 Å². The molecule has 0 aliphatic rings. The summed E-state index contributed by atoms with van der Waals surface area (Å²) in [7, 11) is 1.32. The van der Waals surface area contributed by atoms with Crippen LogP contribution in [0.1, 0.15) is 26.8 Å². The number of ether oxygens (including phenoxy) is 1. The number of nitrogens with one attached hydrogen (secondary N) is 1. The SMILES string of the molecule is COC(=O)c1nc(C)cc(NCc2sccc2C)n1. The Bertz CT molecular complexity index is 595. The van der Waals surface area contributed by atoms with E-state index in [0.717, 1.165) is 5.69 Å². The molecule has 6 heteroatoms. The zero-order valence-electron chi connectivity index (χ0n) is 11.1. The number of thiophene rings is 1. The van der Waals surface area contributed by atoms with Crippen LogP contribution in [0.15, 0.2) is 17.5 Å². The van der Waals surface area contributed by atoms with E-state index in [2.05, 4.69) is 38.4 Å². The van der Waals surface area contributed by atoms with Gasteiger partial charge in [-0.05, 0) is 30.9 Å². The highest BCUT2D eigenvalue weighted by atomic mass is 32.1. The lowest BCUT2D eigenvalue weighted by Crippen LogP contribution is -2.11. The summed E-state index contributed by atoms with van der Waals surface area (Å²) in [4.78, 5) is 20.9. The van der Waals surface area contributed by atoms with Crippen LogP contribution >= 0.6 is 11.3 Å². The number of aryl methyl sites for hydroxylation is 2. The van der Waals surface area contributed by atoms with E-state index in [1.54, 1.807) is 17.4 Å². The fourth-order valence-corrected chi connectivity index (χ4v) is 2.44. The molecule has 0 atom stereocenters. The minimum atomic E-state index is -0.529. The monoisotopic (exact) mass is 277 g/mol. The number of methoxy groups -OCH3 is 1. The van der Waals surface area contributed by atoms with Crippen molar-refractivity contribution in [2.75, 3.05) is 12.4 Å². The molecule has 5 nitrogen and oxygen atoms in total. The van der Waals surface area contributed by atoms with Crippen LogP contribution in [0.3, 0.4) is 0 Å². The van der Waals surface area contributed by atoms with Crippen molar-refractivity contribution >= 4 is 23.1 Å². The van der Waals surface area contributed by atoms with E-state index in [1.165, 1.54) is 17.6 Å². The summed E-state index contributed by atoms with van der Waals surface area (Å²) >= 11 is 1.69. The number of aromatic nitrogens is 2. The topological polar surface area (TPSA) is 64.1 Å². The lowest BCUT2D eigenvalue weighted by atomic mass is 10.3. The van der Waals surface area contributed by atoms with Crippen molar-refractivity contribution in [3.63, 3.8) is 0 Å². The van der Waals surface area contributed by atoms with E-state index in [9.17, 15) is 4.79 Å². The Morgan fingerprint density at radius 2 is 2.21 bits per heavy atom. The van der Waals surface area contributed by atoms with Crippen LogP contribution in [0.4, 0.5) is 5.82 Å². The van der Waals surface area contributed by atoms with Crippen molar-refractivity contribution in [3.05, 3.63) is 39.5 Å². The fraction of sp³-hybridized carbons (Fsp3) is 0.308. The van der Waals surface area contributed by atoms with Crippen LogP contribution in [-0.2, 0) is 11.3 Å². The van der Waals surface area contributed by atoms with Crippen LogP contribution in [0, 0.1) is 13.8 Å². The average Bonchev–Trinajstić information content (AvgIpc) is 2.80. The number of esters is 1. The molecule has 0 fully saturated rings. The van der Waals surface area contributed by atoms with Crippen molar-refractivity contribution in [1.82, 2.24) is 9.97 Å². The molecule has 0 saturated heterocycles. The van der Waals surface area contributed by atoms with Crippen molar-refractivity contribution in [1.29, 1.82) is 0 Å². The maximum Gasteiger partial charge on any atom is 0.376 e. The molecule has 19 heavy (non-hydrogen) atoms. The van der Waals surface area contributed by atoms with E-state index >= 15 is 0 Å². The second-order valence-electron chi connectivity index (χ2n) is 4.09. The summed E-state index contributed by atoms with van der Waals surface area (Å²) in [5.74, 6) is 0.174. The molecule has 0 spiro atoms. The minimum absolute atomic E-state index is 0.0768. The van der Waals surface area contributed by atoms with Gasteiger partial charge in [0.15, 0.2) is 0 Å². The number of anilines is 1. The first-order chi connectivity index (χ1) is 9.10. The smallest absolute Gasteiger partial charge is 0.376 e. The van der Waals surface area contributed by atoms with Gasteiger partial charge in [0, 0.05) is 16.6 Å². The highest BCUT2D eigenvalue weighted by Crippen LogP contribution is 2.17. The number of carbonyl (C=O) groups excluding carboxylic acids is 1. The van der Waals surface area contributed by atoms with Crippen LogP contribution < -0.4 is 5.32 Å². The quantitative estimate of drug-likeness (QED) is 0.870. The zero-order chi connectivity index (χ0) is 13.8.